The molecule has 120 valence electrons. The zero-order valence-electron chi connectivity index (χ0n) is 12.0. The highest BCUT2D eigenvalue weighted by Crippen LogP contribution is 2.21. The summed E-state index contributed by atoms with van der Waals surface area (Å²) in [4.78, 5) is 4.26. The first-order chi connectivity index (χ1) is 10.2. The van der Waals surface area contributed by atoms with Crippen LogP contribution in [0, 0.1) is 5.82 Å². The Morgan fingerprint density at radius 2 is 2.23 bits per heavy atom. The maximum Gasteiger partial charge on any atom is 0.246 e. The van der Waals surface area contributed by atoms with Crippen LogP contribution >= 0.6 is 12.4 Å². The van der Waals surface area contributed by atoms with Crippen LogP contribution in [0.5, 0.6) is 5.75 Å². The summed E-state index contributed by atoms with van der Waals surface area (Å²) in [5.41, 5.74) is 0. The van der Waals surface area contributed by atoms with E-state index in [1.165, 1.54) is 6.07 Å². The third kappa shape index (κ3) is 3.73. The fourth-order valence-corrected chi connectivity index (χ4v) is 2.17. The molecule has 6 nitrogen and oxygen atoms in total. The number of rotatable bonds is 4. The van der Waals surface area contributed by atoms with Gasteiger partial charge in [0.15, 0.2) is 18.2 Å². The Balaban J connectivity index is 0.00000176. The molecule has 0 saturated carbocycles. The van der Waals surface area contributed by atoms with Crippen LogP contribution in [0.4, 0.5) is 4.39 Å². The van der Waals surface area contributed by atoms with Crippen LogP contribution < -0.4 is 10.1 Å². The number of nitrogens with zero attached hydrogens (tertiary/aromatic N) is 2. The lowest BCUT2D eigenvalue weighted by Crippen LogP contribution is -2.40. The Morgan fingerprint density at radius 3 is 3.00 bits per heavy atom. The summed E-state index contributed by atoms with van der Waals surface area (Å²) >= 11 is 0. The van der Waals surface area contributed by atoms with Gasteiger partial charge in [0, 0.05) is 6.54 Å². The molecule has 0 radical (unpaired) electrons. The minimum absolute atomic E-state index is 0. The zero-order chi connectivity index (χ0) is 14.7. The number of ether oxygens (including phenoxy) is 2. The molecule has 0 spiro atoms. The predicted octanol–water partition coefficient (Wildman–Crippen LogP) is 2.26. The van der Waals surface area contributed by atoms with Gasteiger partial charge in [-0.1, -0.05) is 17.3 Å². The van der Waals surface area contributed by atoms with Crippen molar-refractivity contribution in [3.8, 4) is 5.75 Å². The lowest BCUT2D eigenvalue weighted by molar-refractivity contribution is -0.00136. The van der Waals surface area contributed by atoms with Gasteiger partial charge in [-0.15, -0.1) is 12.4 Å². The van der Waals surface area contributed by atoms with Crippen LogP contribution in [-0.4, -0.2) is 29.4 Å². The minimum Gasteiger partial charge on any atom is -0.482 e. The second-order valence-corrected chi connectivity index (χ2v) is 4.78. The van der Waals surface area contributed by atoms with Crippen molar-refractivity contribution in [1.82, 2.24) is 15.5 Å². The average Bonchev–Trinajstić information content (AvgIpc) is 2.96. The van der Waals surface area contributed by atoms with E-state index in [4.69, 9.17) is 14.0 Å². The molecule has 1 aromatic heterocycles. The van der Waals surface area contributed by atoms with Crippen LogP contribution in [0.2, 0.25) is 0 Å². The number of benzene rings is 1. The predicted molar refractivity (Wildman–Crippen MR) is 78.4 cm³/mol. The smallest absolute Gasteiger partial charge is 0.246 e. The number of morpholine rings is 1. The topological polar surface area (TPSA) is 69.4 Å². The van der Waals surface area contributed by atoms with Crippen molar-refractivity contribution in [1.29, 1.82) is 0 Å². The minimum atomic E-state index is -0.419. The van der Waals surface area contributed by atoms with Gasteiger partial charge in [0.1, 0.15) is 6.04 Å². The van der Waals surface area contributed by atoms with Crippen molar-refractivity contribution in [2.45, 2.75) is 25.7 Å². The van der Waals surface area contributed by atoms with Crippen LogP contribution in [-0.2, 0) is 11.3 Å². The summed E-state index contributed by atoms with van der Waals surface area (Å²) < 4.78 is 29.5. The SMILES string of the molecule is C[C@H]1OCCN[C@@H]1c1nc(COc2ccccc2F)no1.Cl. The Kier molecular flexibility index (Phi) is 5.70. The molecule has 3 rings (SSSR count). The monoisotopic (exact) mass is 329 g/mol. The number of halogens is 2. The van der Waals surface area contributed by atoms with Gasteiger partial charge >= 0.3 is 0 Å². The number of hydrogen-bond acceptors (Lipinski definition) is 6. The Labute approximate surface area is 133 Å². The molecular formula is C14H17ClFN3O3. The van der Waals surface area contributed by atoms with Crippen molar-refractivity contribution in [3.63, 3.8) is 0 Å². The van der Waals surface area contributed by atoms with E-state index in [0.717, 1.165) is 6.54 Å². The van der Waals surface area contributed by atoms with Crippen LogP contribution in [0.15, 0.2) is 28.8 Å². The number of para-hydroxylation sites is 1. The molecule has 2 atom stereocenters. The summed E-state index contributed by atoms with van der Waals surface area (Å²) in [5, 5.41) is 7.10. The third-order valence-electron chi connectivity index (χ3n) is 3.26. The number of aromatic nitrogens is 2. The van der Waals surface area contributed by atoms with Gasteiger partial charge < -0.3 is 19.3 Å². The first-order valence-corrected chi connectivity index (χ1v) is 6.79. The van der Waals surface area contributed by atoms with Crippen LogP contribution in [0.25, 0.3) is 0 Å². The number of nitrogens with one attached hydrogen (secondary N) is 1. The standard InChI is InChI=1S/C14H16FN3O3.ClH/c1-9-13(16-6-7-19-9)14-17-12(18-21-14)8-20-11-5-3-2-4-10(11)15;/h2-5,9,13,16H,6-8H2,1H3;1H/t9-,13+;/m1./s1. The first kappa shape index (κ1) is 16.7. The normalized spacial score (nSPS) is 21.2. The van der Waals surface area contributed by atoms with Crippen molar-refractivity contribution in [2.75, 3.05) is 13.2 Å². The van der Waals surface area contributed by atoms with E-state index in [2.05, 4.69) is 15.5 Å². The van der Waals surface area contributed by atoms with E-state index in [-0.39, 0.29) is 36.9 Å². The quantitative estimate of drug-likeness (QED) is 0.928. The van der Waals surface area contributed by atoms with E-state index in [0.29, 0.717) is 18.3 Å². The van der Waals surface area contributed by atoms with E-state index in [1.54, 1.807) is 18.2 Å². The summed E-state index contributed by atoms with van der Waals surface area (Å²) in [6.07, 6.45) is -0.0421. The molecule has 0 aliphatic carbocycles. The van der Waals surface area contributed by atoms with E-state index >= 15 is 0 Å². The molecule has 2 aromatic rings. The van der Waals surface area contributed by atoms with Crippen molar-refractivity contribution < 1.29 is 18.4 Å². The van der Waals surface area contributed by atoms with Gasteiger partial charge in [-0.05, 0) is 19.1 Å². The molecule has 1 aliphatic heterocycles. The highest BCUT2D eigenvalue weighted by atomic mass is 35.5. The Bertz CT molecular complexity index is 611. The summed E-state index contributed by atoms with van der Waals surface area (Å²) in [7, 11) is 0. The average molecular weight is 330 g/mol. The lowest BCUT2D eigenvalue weighted by Gasteiger charge is -2.27. The van der Waals surface area contributed by atoms with Gasteiger partial charge in [0.2, 0.25) is 11.7 Å². The van der Waals surface area contributed by atoms with Gasteiger partial charge in [-0.3, -0.25) is 0 Å². The van der Waals surface area contributed by atoms with Crippen LogP contribution in [0.3, 0.4) is 0 Å². The van der Waals surface area contributed by atoms with Crippen molar-refractivity contribution in [3.05, 3.63) is 41.8 Å². The van der Waals surface area contributed by atoms with E-state index in [1.807, 2.05) is 6.92 Å². The van der Waals surface area contributed by atoms with Crippen molar-refractivity contribution >= 4 is 12.4 Å². The molecule has 1 aromatic carbocycles. The molecule has 1 fully saturated rings. The summed E-state index contributed by atoms with van der Waals surface area (Å²) in [6.45, 7) is 3.39. The second kappa shape index (κ2) is 7.53. The molecule has 0 unspecified atom stereocenters. The summed E-state index contributed by atoms with van der Waals surface area (Å²) in [6, 6.07) is 6.06. The summed E-state index contributed by atoms with van der Waals surface area (Å²) in [5.74, 6) is 0.565. The van der Waals surface area contributed by atoms with Crippen molar-refractivity contribution in [2.24, 2.45) is 0 Å². The molecule has 2 heterocycles. The van der Waals surface area contributed by atoms with Gasteiger partial charge in [0.05, 0.1) is 12.7 Å². The molecule has 0 bridgehead atoms. The van der Waals surface area contributed by atoms with Crippen LogP contribution in [0.1, 0.15) is 24.7 Å². The van der Waals surface area contributed by atoms with E-state index < -0.39 is 5.82 Å². The Morgan fingerprint density at radius 1 is 1.41 bits per heavy atom. The van der Waals surface area contributed by atoms with Gasteiger partial charge in [-0.25, -0.2) is 4.39 Å². The maximum absolute atomic E-state index is 13.4. The first-order valence-electron chi connectivity index (χ1n) is 6.79. The lowest BCUT2D eigenvalue weighted by atomic mass is 10.1. The van der Waals surface area contributed by atoms with Gasteiger partial charge in [0.25, 0.3) is 0 Å². The molecule has 1 saturated heterocycles. The fraction of sp³-hybridized carbons (Fsp3) is 0.429. The largest absolute Gasteiger partial charge is 0.482 e. The third-order valence-corrected chi connectivity index (χ3v) is 3.26. The maximum atomic E-state index is 13.4. The van der Waals surface area contributed by atoms with E-state index in [9.17, 15) is 4.39 Å². The molecular weight excluding hydrogens is 313 g/mol. The molecule has 1 N–H and O–H groups in total. The second-order valence-electron chi connectivity index (χ2n) is 4.78. The molecule has 8 heteroatoms. The molecule has 0 amide bonds. The molecule has 22 heavy (non-hydrogen) atoms. The zero-order valence-corrected chi connectivity index (χ0v) is 12.8. The highest BCUT2D eigenvalue weighted by Gasteiger charge is 2.28. The Hall–Kier alpha value is -1.70. The fourth-order valence-electron chi connectivity index (χ4n) is 2.17. The highest BCUT2D eigenvalue weighted by molar-refractivity contribution is 5.85. The number of hydrogen-bond donors (Lipinski definition) is 1. The van der Waals surface area contributed by atoms with Gasteiger partial charge in [-0.2, -0.15) is 4.98 Å². The molecule has 1 aliphatic rings.